The number of anilines is 1. The molecular weight excluding hydrogens is 376 g/mol. The third-order valence-electron chi connectivity index (χ3n) is 3.95. The van der Waals surface area contributed by atoms with Gasteiger partial charge in [0.05, 0.1) is 11.4 Å². The number of carbonyl (C=O) groups excluding carboxylic acids is 1. The molecule has 3 rings (SSSR count). The third kappa shape index (κ3) is 4.81. The Morgan fingerprint density at radius 3 is 2.91 bits per heavy atom. The van der Waals surface area contributed by atoms with Gasteiger partial charge >= 0.3 is 0 Å². The molecule has 0 saturated heterocycles. The van der Waals surface area contributed by atoms with Crippen LogP contribution in [0.15, 0.2) is 33.9 Å². The number of halogens is 1. The largest absolute Gasteiger partial charge is 0.324 e. The van der Waals surface area contributed by atoms with E-state index in [1.807, 2.05) is 24.3 Å². The van der Waals surface area contributed by atoms with Gasteiger partial charge in [0.1, 0.15) is 5.82 Å². The lowest BCUT2D eigenvalue weighted by atomic mass is 10.0. The molecule has 1 fully saturated rings. The van der Waals surface area contributed by atoms with Crippen LogP contribution >= 0.6 is 27.7 Å². The van der Waals surface area contributed by atoms with Crippen LogP contribution in [0.4, 0.5) is 5.69 Å². The minimum absolute atomic E-state index is 0.0657. The van der Waals surface area contributed by atoms with E-state index in [2.05, 4.69) is 36.4 Å². The molecule has 0 unspecified atom stereocenters. The molecular formula is C16H19BrN4OS. The van der Waals surface area contributed by atoms with Crippen molar-refractivity contribution >= 4 is 39.3 Å². The highest BCUT2D eigenvalue weighted by atomic mass is 79.9. The van der Waals surface area contributed by atoms with Crippen molar-refractivity contribution in [3.05, 3.63) is 34.6 Å². The second-order valence-electron chi connectivity index (χ2n) is 5.74. The summed E-state index contributed by atoms with van der Waals surface area (Å²) >= 11 is 4.77. The first kappa shape index (κ1) is 16.5. The number of rotatable bonds is 6. The van der Waals surface area contributed by atoms with E-state index in [0.717, 1.165) is 28.3 Å². The monoisotopic (exact) mass is 394 g/mol. The summed E-state index contributed by atoms with van der Waals surface area (Å²) in [6.07, 6.45) is 6.21. The maximum atomic E-state index is 12.0. The Kier molecular flexibility index (Phi) is 5.72. The summed E-state index contributed by atoms with van der Waals surface area (Å²) in [6.45, 7) is 0. The molecule has 1 aromatic heterocycles. The number of H-pyrrole nitrogens is 1. The molecule has 0 atom stereocenters. The second kappa shape index (κ2) is 7.97. The van der Waals surface area contributed by atoms with Crippen LogP contribution in [-0.4, -0.2) is 26.8 Å². The van der Waals surface area contributed by atoms with Crippen molar-refractivity contribution in [2.45, 2.75) is 37.3 Å². The summed E-state index contributed by atoms with van der Waals surface area (Å²) in [5.41, 5.74) is 0.773. The molecule has 1 saturated carbocycles. The fourth-order valence-corrected chi connectivity index (χ4v) is 3.80. The van der Waals surface area contributed by atoms with Gasteiger partial charge in [-0.05, 0) is 34.0 Å². The maximum absolute atomic E-state index is 12.0. The van der Waals surface area contributed by atoms with Crippen molar-refractivity contribution in [3.63, 3.8) is 0 Å². The summed E-state index contributed by atoms with van der Waals surface area (Å²) in [4.78, 5) is 16.5. The minimum Gasteiger partial charge on any atom is -0.324 e. The molecule has 2 aromatic rings. The lowest BCUT2D eigenvalue weighted by Crippen LogP contribution is -2.14. The fraction of sp³-hybridized carbons (Fsp3) is 0.438. The number of para-hydroxylation sites is 1. The van der Waals surface area contributed by atoms with Gasteiger partial charge < -0.3 is 5.32 Å². The highest BCUT2D eigenvalue weighted by Gasteiger charge is 2.17. The standard InChI is InChI=1S/C16H19BrN4OS/c17-12-7-3-4-8-13(12)18-15(22)10-23-16-19-14(20-21-16)9-11-5-1-2-6-11/h3-4,7-8,11H,1-2,5-6,9-10H2,(H,18,22)(H,19,20,21). The van der Waals surface area contributed by atoms with Gasteiger partial charge in [-0.15, -0.1) is 5.10 Å². The van der Waals surface area contributed by atoms with Crippen LogP contribution in [0.5, 0.6) is 0 Å². The molecule has 23 heavy (non-hydrogen) atoms. The highest BCUT2D eigenvalue weighted by Crippen LogP contribution is 2.27. The highest BCUT2D eigenvalue weighted by molar-refractivity contribution is 9.10. The molecule has 0 bridgehead atoms. The molecule has 5 nitrogen and oxygen atoms in total. The first-order valence-electron chi connectivity index (χ1n) is 7.79. The molecule has 2 N–H and O–H groups in total. The maximum Gasteiger partial charge on any atom is 0.234 e. The van der Waals surface area contributed by atoms with Gasteiger partial charge in [0.15, 0.2) is 0 Å². The third-order valence-corrected chi connectivity index (χ3v) is 5.49. The lowest BCUT2D eigenvalue weighted by molar-refractivity contribution is -0.113. The number of nitrogens with one attached hydrogen (secondary N) is 2. The van der Waals surface area contributed by atoms with E-state index in [1.54, 1.807) is 0 Å². The SMILES string of the molecule is O=C(CSc1n[nH]c(CC2CCCC2)n1)Nc1ccccc1Br. The Balaban J connectivity index is 1.47. The van der Waals surface area contributed by atoms with Crippen molar-refractivity contribution in [3.8, 4) is 0 Å². The van der Waals surface area contributed by atoms with E-state index in [-0.39, 0.29) is 5.91 Å². The van der Waals surface area contributed by atoms with Crippen molar-refractivity contribution in [1.29, 1.82) is 0 Å². The first-order valence-corrected chi connectivity index (χ1v) is 9.57. The first-order chi connectivity index (χ1) is 11.2. The zero-order valence-electron chi connectivity index (χ0n) is 12.7. The van der Waals surface area contributed by atoms with Gasteiger partial charge in [-0.25, -0.2) is 4.98 Å². The molecule has 1 heterocycles. The van der Waals surface area contributed by atoms with E-state index in [9.17, 15) is 4.79 Å². The molecule has 0 spiro atoms. The Bertz CT molecular complexity index is 670. The predicted octanol–water partition coefficient (Wildman–Crippen LogP) is 4.03. The van der Waals surface area contributed by atoms with E-state index in [0.29, 0.717) is 10.9 Å². The van der Waals surface area contributed by atoms with Crippen LogP contribution < -0.4 is 5.32 Å². The number of carbonyl (C=O) groups is 1. The molecule has 0 aliphatic heterocycles. The number of aromatic amines is 1. The molecule has 1 aliphatic rings. The number of thioether (sulfide) groups is 1. The summed E-state index contributed by atoms with van der Waals surface area (Å²) < 4.78 is 0.870. The van der Waals surface area contributed by atoms with Crippen LogP contribution in [0.2, 0.25) is 0 Å². The Labute approximate surface area is 148 Å². The number of nitrogens with zero attached hydrogens (tertiary/aromatic N) is 2. The summed E-state index contributed by atoms with van der Waals surface area (Å²) in [5, 5.41) is 10.7. The van der Waals surface area contributed by atoms with Gasteiger partial charge in [0, 0.05) is 10.9 Å². The van der Waals surface area contributed by atoms with Crippen molar-refractivity contribution in [2.24, 2.45) is 5.92 Å². The second-order valence-corrected chi connectivity index (χ2v) is 7.53. The Morgan fingerprint density at radius 2 is 2.13 bits per heavy atom. The molecule has 1 aromatic carbocycles. The van der Waals surface area contributed by atoms with Crippen LogP contribution in [0.3, 0.4) is 0 Å². The van der Waals surface area contributed by atoms with E-state index >= 15 is 0 Å². The number of amides is 1. The summed E-state index contributed by atoms with van der Waals surface area (Å²) in [6, 6.07) is 7.55. The molecule has 0 radical (unpaired) electrons. The normalized spacial score (nSPS) is 15.0. The zero-order chi connectivity index (χ0) is 16.1. The average Bonchev–Trinajstić information content (AvgIpc) is 3.20. The van der Waals surface area contributed by atoms with Crippen LogP contribution in [-0.2, 0) is 11.2 Å². The summed E-state index contributed by atoms with van der Waals surface area (Å²) in [5.74, 6) is 1.90. The van der Waals surface area contributed by atoms with Crippen LogP contribution in [0, 0.1) is 5.92 Å². The molecule has 1 amide bonds. The predicted molar refractivity (Wildman–Crippen MR) is 95.5 cm³/mol. The zero-order valence-corrected chi connectivity index (χ0v) is 15.1. The van der Waals surface area contributed by atoms with Gasteiger partial charge in [-0.1, -0.05) is 49.6 Å². The number of benzene rings is 1. The number of hydrogen-bond donors (Lipinski definition) is 2. The van der Waals surface area contributed by atoms with Gasteiger partial charge in [0.25, 0.3) is 0 Å². The van der Waals surface area contributed by atoms with Crippen molar-refractivity contribution in [2.75, 3.05) is 11.1 Å². The van der Waals surface area contributed by atoms with E-state index in [1.165, 1.54) is 37.4 Å². The number of aromatic nitrogens is 3. The van der Waals surface area contributed by atoms with Gasteiger partial charge in [0.2, 0.25) is 11.1 Å². The van der Waals surface area contributed by atoms with Gasteiger partial charge in [-0.2, -0.15) is 0 Å². The summed E-state index contributed by atoms with van der Waals surface area (Å²) in [7, 11) is 0. The average molecular weight is 395 g/mol. The molecule has 1 aliphatic carbocycles. The smallest absolute Gasteiger partial charge is 0.234 e. The van der Waals surface area contributed by atoms with E-state index < -0.39 is 0 Å². The van der Waals surface area contributed by atoms with Gasteiger partial charge in [-0.3, -0.25) is 9.89 Å². The fourth-order valence-electron chi connectivity index (χ4n) is 2.80. The van der Waals surface area contributed by atoms with Crippen LogP contribution in [0.1, 0.15) is 31.5 Å². The van der Waals surface area contributed by atoms with Crippen LogP contribution in [0.25, 0.3) is 0 Å². The quantitative estimate of drug-likeness (QED) is 0.725. The van der Waals surface area contributed by atoms with Crippen molar-refractivity contribution in [1.82, 2.24) is 15.2 Å². The Morgan fingerprint density at radius 1 is 1.35 bits per heavy atom. The Hall–Kier alpha value is -1.34. The minimum atomic E-state index is -0.0657. The molecule has 122 valence electrons. The number of hydrogen-bond acceptors (Lipinski definition) is 4. The lowest BCUT2D eigenvalue weighted by Gasteiger charge is -2.05. The van der Waals surface area contributed by atoms with Crippen molar-refractivity contribution < 1.29 is 4.79 Å². The topological polar surface area (TPSA) is 70.7 Å². The molecule has 7 heteroatoms. The van der Waals surface area contributed by atoms with E-state index in [4.69, 9.17) is 0 Å².